The van der Waals surface area contributed by atoms with Gasteiger partial charge in [0.05, 0.1) is 17.6 Å². The van der Waals surface area contributed by atoms with Crippen LogP contribution in [0.1, 0.15) is 62.6 Å². The van der Waals surface area contributed by atoms with Crippen molar-refractivity contribution in [3.63, 3.8) is 0 Å². The summed E-state index contributed by atoms with van der Waals surface area (Å²) in [7, 11) is 0. The molecule has 0 saturated heterocycles. The molecular formula is C29H36N4O2. The van der Waals surface area contributed by atoms with Gasteiger partial charge in [-0.1, -0.05) is 69.2 Å². The zero-order valence-electron chi connectivity index (χ0n) is 21.0. The van der Waals surface area contributed by atoms with Crippen LogP contribution in [0.3, 0.4) is 0 Å². The summed E-state index contributed by atoms with van der Waals surface area (Å²) in [5.74, 6) is 1.21. The summed E-state index contributed by atoms with van der Waals surface area (Å²) in [4.78, 5) is 34.2. The number of hydrogen-bond donors (Lipinski definition) is 1. The molecule has 5 rings (SSSR count). The first-order valence-electron chi connectivity index (χ1n) is 13.0. The van der Waals surface area contributed by atoms with E-state index >= 15 is 0 Å². The van der Waals surface area contributed by atoms with Crippen molar-refractivity contribution in [1.82, 2.24) is 19.8 Å². The second-order valence-corrected chi connectivity index (χ2v) is 10.7. The lowest BCUT2D eigenvalue weighted by molar-refractivity contribution is -0.134. The van der Waals surface area contributed by atoms with Crippen LogP contribution in [0.2, 0.25) is 0 Å². The maximum atomic E-state index is 14.0. The molecule has 184 valence electrons. The van der Waals surface area contributed by atoms with E-state index in [9.17, 15) is 9.59 Å². The Morgan fingerprint density at radius 3 is 2.63 bits per heavy atom. The SMILES string of the molecule is C[C@@H]1[C@H](C)CCC[C@@H]1NC(=O)[C@@]1(C)Cn2c(nc3ccccc32)C(=O)N1CCCc1ccccc1. The Morgan fingerprint density at radius 2 is 1.83 bits per heavy atom. The molecule has 2 amide bonds. The predicted molar refractivity (Wildman–Crippen MR) is 138 cm³/mol. The molecule has 1 aliphatic carbocycles. The second kappa shape index (κ2) is 9.48. The minimum Gasteiger partial charge on any atom is -0.351 e. The molecule has 1 fully saturated rings. The van der Waals surface area contributed by atoms with Gasteiger partial charge in [-0.2, -0.15) is 0 Å². The number of nitrogens with zero attached hydrogens (tertiary/aromatic N) is 3. The maximum Gasteiger partial charge on any atom is 0.290 e. The number of carbonyl (C=O) groups is 2. The lowest BCUT2D eigenvalue weighted by atomic mass is 9.77. The van der Waals surface area contributed by atoms with Crippen molar-refractivity contribution in [2.45, 2.75) is 71.0 Å². The van der Waals surface area contributed by atoms with Crippen molar-refractivity contribution >= 4 is 22.8 Å². The zero-order valence-corrected chi connectivity index (χ0v) is 21.0. The highest BCUT2D eigenvalue weighted by Gasteiger charge is 2.49. The number of benzene rings is 2. The van der Waals surface area contributed by atoms with E-state index in [2.05, 4.69) is 36.3 Å². The van der Waals surface area contributed by atoms with E-state index in [4.69, 9.17) is 0 Å². The van der Waals surface area contributed by atoms with E-state index in [1.165, 1.54) is 12.0 Å². The third-order valence-electron chi connectivity index (χ3n) is 8.36. The minimum absolute atomic E-state index is 0.0556. The molecule has 2 aromatic carbocycles. The van der Waals surface area contributed by atoms with Crippen LogP contribution in [0, 0.1) is 11.8 Å². The number of aryl methyl sites for hydroxylation is 1. The highest BCUT2D eigenvalue weighted by atomic mass is 16.2. The van der Waals surface area contributed by atoms with Crippen LogP contribution in [-0.2, 0) is 17.8 Å². The van der Waals surface area contributed by atoms with Gasteiger partial charge in [0, 0.05) is 12.6 Å². The fraction of sp³-hybridized carbons (Fsp3) is 0.483. The molecule has 0 unspecified atom stereocenters. The van der Waals surface area contributed by atoms with Crippen LogP contribution in [0.4, 0.5) is 0 Å². The molecule has 35 heavy (non-hydrogen) atoms. The fourth-order valence-electron chi connectivity index (χ4n) is 5.88. The summed E-state index contributed by atoms with van der Waals surface area (Å²) in [6, 6.07) is 18.2. The molecular weight excluding hydrogens is 436 g/mol. The summed E-state index contributed by atoms with van der Waals surface area (Å²) < 4.78 is 1.94. The van der Waals surface area contributed by atoms with Gasteiger partial charge in [-0.15, -0.1) is 0 Å². The third-order valence-corrected chi connectivity index (χ3v) is 8.36. The standard InChI is InChI=1S/C29H36N4O2/c1-20-11-9-16-23(21(20)2)31-28(35)29(3)19-32-25-17-8-7-15-24(25)30-26(32)27(34)33(29)18-10-14-22-12-5-4-6-13-22/h4-8,12-13,15,17,20-21,23H,9-11,14,16,18-19H2,1-3H3,(H,31,35)/t20-,21-,23+,29-/m1/s1. The molecule has 0 spiro atoms. The van der Waals surface area contributed by atoms with Crippen LogP contribution < -0.4 is 5.32 Å². The molecule has 0 bridgehead atoms. The van der Waals surface area contributed by atoms with Gasteiger partial charge in [0.2, 0.25) is 5.91 Å². The molecule has 1 saturated carbocycles. The monoisotopic (exact) mass is 472 g/mol. The molecule has 4 atom stereocenters. The number of amides is 2. The Labute approximate surface area is 207 Å². The summed E-state index contributed by atoms with van der Waals surface area (Å²) in [6.07, 6.45) is 4.97. The number of aromatic nitrogens is 2. The Kier molecular flexibility index (Phi) is 6.39. The van der Waals surface area contributed by atoms with E-state index < -0.39 is 5.54 Å². The molecule has 2 aliphatic rings. The van der Waals surface area contributed by atoms with E-state index in [1.54, 1.807) is 4.90 Å². The normalized spacial score (nSPS) is 26.5. The van der Waals surface area contributed by atoms with Gasteiger partial charge in [-0.25, -0.2) is 4.98 Å². The lowest BCUT2D eigenvalue weighted by Crippen LogP contribution is -2.65. The lowest BCUT2D eigenvalue weighted by Gasteiger charge is -2.45. The number of hydrogen-bond acceptors (Lipinski definition) is 3. The third kappa shape index (κ3) is 4.35. The topological polar surface area (TPSA) is 67.2 Å². The highest BCUT2D eigenvalue weighted by molar-refractivity contribution is 6.01. The van der Waals surface area contributed by atoms with Gasteiger partial charge >= 0.3 is 0 Å². The Bertz CT molecular complexity index is 1220. The molecule has 0 radical (unpaired) electrons. The number of fused-ring (bicyclic) bond motifs is 3. The van der Waals surface area contributed by atoms with Gasteiger partial charge in [0.1, 0.15) is 5.54 Å². The van der Waals surface area contributed by atoms with E-state index in [0.29, 0.717) is 30.7 Å². The van der Waals surface area contributed by atoms with Crippen molar-refractivity contribution in [3.8, 4) is 0 Å². The summed E-state index contributed by atoms with van der Waals surface area (Å²) >= 11 is 0. The van der Waals surface area contributed by atoms with Crippen molar-refractivity contribution in [3.05, 3.63) is 66.0 Å². The first-order chi connectivity index (χ1) is 16.9. The number of carbonyl (C=O) groups excluding carboxylic acids is 2. The van der Waals surface area contributed by atoms with Gasteiger partial charge in [-0.3, -0.25) is 9.59 Å². The van der Waals surface area contributed by atoms with Crippen molar-refractivity contribution in [2.75, 3.05) is 6.54 Å². The number of para-hydroxylation sites is 2. The Hall–Kier alpha value is -3.15. The second-order valence-electron chi connectivity index (χ2n) is 10.7. The number of rotatable bonds is 6. The molecule has 1 aliphatic heterocycles. The first-order valence-corrected chi connectivity index (χ1v) is 13.0. The van der Waals surface area contributed by atoms with E-state index in [1.807, 2.05) is 54.0 Å². The van der Waals surface area contributed by atoms with Crippen LogP contribution in [-0.4, -0.2) is 44.4 Å². The van der Waals surface area contributed by atoms with Crippen molar-refractivity contribution in [2.24, 2.45) is 11.8 Å². The van der Waals surface area contributed by atoms with Crippen LogP contribution in [0.15, 0.2) is 54.6 Å². The number of imidazole rings is 1. The van der Waals surface area contributed by atoms with E-state index in [0.717, 1.165) is 36.7 Å². The zero-order chi connectivity index (χ0) is 24.6. The van der Waals surface area contributed by atoms with E-state index in [-0.39, 0.29) is 17.9 Å². The average Bonchev–Trinajstić information content (AvgIpc) is 3.23. The predicted octanol–water partition coefficient (Wildman–Crippen LogP) is 4.82. The Balaban J connectivity index is 1.45. The quantitative estimate of drug-likeness (QED) is 0.559. The van der Waals surface area contributed by atoms with Crippen molar-refractivity contribution in [1.29, 1.82) is 0 Å². The van der Waals surface area contributed by atoms with Gasteiger partial charge < -0.3 is 14.8 Å². The molecule has 1 aromatic heterocycles. The van der Waals surface area contributed by atoms with Crippen molar-refractivity contribution < 1.29 is 9.59 Å². The van der Waals surface area contributed by atoms with Crippen LogP contribution >= 0.6 is 0 Å². The molecule has 2 heterocycles. The minimum atomic E-state index is -0.982. The molecule has 3 aromatic rings. The summed E-state index contributed by atoms with van der Waals surface area (Å²) in [5.41, 5.74) is 1.95. The van der Waals surface area contributed by atoms with Gasteiger partial charge in [-0.05, 0) is 55.7 Å². The summed E-state index contributed by atoms with van der Waals surface area (Å²) in [5, 5.41) is 3.37. The smallest absolute Gasteiger partial charge is 0.290 e. The Morgan fingerprint density at radius 1 is 1.09 bits per heavy atom. The average molecular weight is 473 g/mol. The fourth-order valence-corrected chi connectivity index (χ4v) is 5.88. The first kappa shape index (κ1) is 23.6. The summed E-state index contributed by atoms with van der Waals surface area (Å²) in [6.45, 7) is 7.36. The molecule has 6 nitrogen and oxygen atoms in total. The van der Waals surface area contributed by atoms with Gasteiger partial charge in [0.25, 0.3) is 5.91 Å². The van der Waals surface area contributed by atoms with Crippen LogP contribution in [0.5, 0.6) is 0 Å². The largest absolute Gasteiger partial charge is 0.351 e. The number of nitrogens with one attached hydrogen (secondary N) is 1. The highest BCUT2D eigenvalue weighted by Crippen LogP contribution is 2.33. The molecule has 6 heteroatoms. The molecule has 1 N–H and O–H groups in total. The van der Waals surface area contributed by atoms with Gasteiger partial charge in [0.15, 0.2) is 5.82 Å². The van der Waals surface area contributed by atoms with Crippen LogP contribution in [0.25, 0.3) is 11.0 Å². The maximum absolute atomic E-state index is 14.0.